The standard InChI is InChI=1S/C20H16F2N4O3/c1-11-9-16(18(27)26-17-14(21)7-4-8-15(17)22)25-20(23-11)24-13-6-3-5-12(10-13)19(28)29-2/h3-10H,1-2H3,(H,26,27)(H,23,24,25). The number of aromatic nitrogens is 2. The van der Waals surface area contributed by atoms with Crippen LogP contribution < -0.4 is 10.6 Å². The summed E-state index contributed by atoms with van der Waals surface area (Å²) in [4.78, 5) is 32.3. The first-order valence-electron chi connectivity index (χ1n) is 8.44. The fraction of sp³-hybridized carbons (Fsp3) is 0.100. The summed E-state index contributed by atoms with van der Waals surface area (Å²) < 4.78 is 32.2. The molecule has 1 aromatic heterocycles. The molecule has 7 nitrogen and oxygen atoms in total. The zero-order valence-electron chi connectivity index (χ0n) is 15.5. The van der Waals surface area contributed by atoms with Gasteiger partial charge in [-0.3, -0.25) is 4.79 Å². The third-order valence-electron chi connectivity index (χ3n) is 3.83. The number of hydrogen-bond donors (Lipinski definition) is 2. The Morgan fingerprint density at radius 2 is 1.69 bits per heavy atom. The normalized spacial score (nSPS) is 10.3. The Labute approximate surface area is 164 Å². The van der Waals surface area contributed by atoms with Crippen LogP contribution in [-0.2, 0) is 4.74 Å². The van der Waals surface area contributed by atoms with Gasteiger partial charge in [-0.1, -0.05) is 12.1 Å². The van der Waals surface area contributed by atoms with Crippen molar-refractivity contribution >= 4 is 29.2 Å². The highest BCUT2D eigenvalue weighted by Gasteiger charge is 2.16. The monoisotopic (exact) mass is 398 g/mol. The summed E-state index contributed by atoms with van der Waals surface area (Å²) in [5.74, 6) is -3.04. The van der Waals surface area contributed by atoms with Crippen LogP contribution in [0.4, 0.5) is 26.1 Å². The molecule has 3 aromatic rings. The SMILES string of the molecule is COC(=O)c1cccc(Nc2nc(C)cc(C(=O)Nc3c(F)cccc3F)n2)c1. The van der Waals surface area contributed by atoms with Gasteiger partial charge in [-0.25, -0.2) is 23.5 Å². The van der Waals surface area contributed by atoms with Crippen molar-refractivity contribution < 1.29 is 23.1 Å². The first kappa shape index (κ1) is 19.9. The number of hydrogen-bond acceptors (Lipinski definition) is 6. The summed E-state index contributed by atoms with van der Waals surface area (Å²) in [7, 11) is 1.27. The Kier molecular flexibility index (Phi) is 5.77. The van der Waals surface area contributed by atoms with Gasteiger partial charge in [-0.15, -0.1) is 0 Å². The smallest absolute Gasteiger partial charge is 0.337 e. The maximum absolute atomic E-state index is 13.8. The quantitative estimate of drug-likeness (QED) is 0.635. The molecule has 2 aromatic carbocycles. The van der Waals surface area contributed by atoms with E-state index >= 15 is 0 Å². The van der Waals surface area contributed by atoms with Crippen molar-refractivity contribution in [3.05, 3.63) is 77.1 Å². The zero-order chi connectivity index (χ0) is 21.0. The molecular weight excluding hydrogens is 382 g/mol. The van der Waals surface area contributed by atoms with E-state index in [1.54, 1.807) is 25.1 Å². The minimum Gasteiger partial charge on any atom is -0.465 e. The third kappa shape index (κ3) is 4.70. The summed E-state index contributed by atoms with van der Waals surface area (Å²) in [5, 5.41) is 5.06. The van der Waals surface area contributed by atoms with E-state index in [1.807, 2.05) is 0 Å². The Morgan fingerprint density at radius 3 is 2.38 bits per heavy atom. The summed E-state index contributed by atoms with van der Waals surface area (Å²) in [5.41, 5.74) is 0.606. The van der Waals surface area contributed by atoms with Crippen LogP contribution in [0.25, 0.3) is 0 Å². The molecule has 0 spiro atoms. The highest BCUT2D eigenvalue weighted by Crippen LogP contribution is 2.20. The van der Waals surface area contributed by atoms with Gasteiger partial charge in [-0.2, -0.15) is 0 Å². The molecule has 0 aliphatic heterocycles. The number of nitrogens with one attached hydrogen (secondary N) is 2. The van der Waals surface area contributed by atoms with E-state index in [0.29, 0.717) is 16.9 Å². The average Bonchev–Trinajstić information content (AvgIpc) is 2.70. The van der Waals surface area contributed by atoms with E-state index in [4.69, 9.17) is 0 Å². The molecule has 0 saturated carbocycles. The number of halogens is 2. The van der Waals surface area contributed by atoms with Gasteiger partial charge in [0.15, 0.2) is 0 Å². The summed E-state index contributed by atoms with van der Waals surface area (Å²) >= 11 is 0. The highest BCUT2D eigenvalue weighted by atomic mass is 19.1. The molecular formula is C20H16F2N4O3. The van der Waals surface area contributed by atoms with Gasteiger partial charge in [0.1, 0.15) is 23.0 Å². The van der Waals surface area contributed by atoms with Gasteiger partial charge in [0.2, 0.25) is 5.95 Å². The lowest BCUT2D eigenvalue weighted by Crippen LogP contribution is -2.17. The molecule has 0 radical (unpaired) electrons. The Morgan fingerprint density at radius 1 is 1.00 bits per heavy atom. The number of rotatable bonds is 5. The van der Waals surface area contributed by atoms with E-state index in [-0.39, 0.29) is 11.6 Å². The van der Waals surface area contributed by atoms with Crippen molar-refractivity contribution in [2.75, 3.05) is 17.7 Å². The highest BCUT2D eigenvalue weighted by molar-refractivity contribution is 6.03. The molecule has 0 bridgehead atoms. The van der Waals surface area contributed by atoms with Crippen LogP contribution >= 0.6 is 0 Å². The Balaban J connectivity index is 1.85. The number of methoxy groups -OCH3 is 1. The molecule has 0 saturated heterocycles. The van der Waals surface area contributed by atoms with Crippen LogP contribution in [-0.4, -0.2) is 29.0 Å². The summed E-state index contributed by atoms with van der Waals surface area (Å²) in [6, 6.07) is 11.1. The first-order chi connectivity index (χ1) is 13.9. The second-order valence-corrected chi connectivity index (χ2v) is 5.97. The van der Waals surface area contributed by atoms with E-state index < -0.39 is 29.2 Å². The predicted molar refractivity (Wildman–Crippen MR) is 102 cm³/mol. The van der Waals surface area contributed by atoms with Gasteiger partial charge in [-0.05, 0) is 43.3 Å². The largest absolute Gasteiger partial charge is 0.465 e. The van der Waals surface area contributed by atoms with Gasteiger partial charge in [0, 0.05) is 11.4 Å². The van der Waals surface area contributed by atoms with E-state index in [1.165, 1.54) is 25.3 Å². The molecule has 0 atom stereocenters. The molecule has 1 amide bonds. The number of anilines is 3. The lowest BCUT2D eigenvalue weighted by Gasteiger charge is -2.10. The maximum Gasteiger partial charge on any atom is 0.337 e. The van der Waals surface area contributed by atoms with E-state index in [2.05, 4.69) is 25.3 Å². The second-order valence-electron chi connectivity index (χ2n) is 5.97. The van der Waals surface area contributed by atoms with Crippen LogP contribution in [0.15, 0.2) is 48.5 Å². The lowest BCUT2D eigenvalue weighted by atomic mass is 10.2. The van der Waals surface area contributed by atoms with Crippen molar-refractivity contribution in [3.8, 4) is 0 Å². The molecule has 2 N–H and O–H groups in total. The number of carbonyl (C=O) groups is 2. The fourth-order valence-electron chi connectivity index (χ4n) is 2.51. The van der Waals surface area contributed by atoms with E-state index in [9.17, 15) is 18.4 Å². The van der Waals surface area contributed by atoms with Crippen LogP contribution in [0.3, 0.4) is 0 Å². The molecule has 9 heteroatoms. The number of benzene rings is 2. The molecule has 148 valence electrons. The molecule has 0 unspecified atom stereocenters. The number of para-hydroxylation sites is 1. The maximum atomic E-state index is 13.8. The molecule has 0 fully saturated rings. The van der Waals surface area contributed by atoms with Crippen molar-refractivity contribution in [1.82, 2.24) is 9.97 Å². The van der Waals surface area contributed by atoms with Gasteiger partial charge in [0.25, 0.3) is 5.91 Å². The summed E-state index contributed by atoms with van der Waals surface area (Å²) in [6.45, 7) is 1.64. The number of ether oxygens (including phenoxy) is 1. The topological polar surface area (TPSA) is 93.2 Å². The molecule has 3 rings (SSSR count). The zero-order valence-corrected chi connectivity index (χ0v) is 15.5. The molecule has 0 aliphatic rings. The van der Waals surface area contributed by atoms with Crippen molar-refractivity contribution in [3.63, 3.8) is 0 Å². The predicted octanol–water partition coefficient (Wildman–Crippen LogP) is 3.85. The Hall–Kier alpha value is -3.88. The van der Waals surface area contributed by atoms with Crippen LogP contribution in [0.2, 0.25) is 0 Å². The minimum absolute atomic E-state index is 0.0752. The van der Waals surface area contributed by atoms with Crippen molar-refractivity contribution in [2.45, 2.75) is 6.92 Å². The molecule has 0 aliphatic carbocycles. The minimum atomic E-state index is -0.901. The van der Waals surface area contributed by atoms with Gasteiger partial charge in [0.05, 0.1) is 12.7 Å². The lowest BCUT2D eigenvalue weighted by molar-refractivity contribution is 0.0600. The average molecular weight is 398 g/mol. The number of aryl methyl sites for hydroxylation is 1. The first-order valence-corrected chi connectivity index (χ1v) is 8.44. The van der Waals surface area contributed by atoms with Gasteiger partial charge >= 0.3 is 5.97 Å². The Bertz CT molecular complexity index is 1070. The molecule has 1 heterocycles. The number of esters is 1. The second kappa shape index (κ2) is 8.42. The summed E-state index contributed by atoms with van der Waals surface area (Å²) in [6.07, 6.45) is 0. The number of nitrogens with zero attached hydrogens (tertiary/aromatic N) is 2. The van der Waals surface area contributed by atoms with E-state index in [0.717, 1.165) is 12.1 Å². The van der Waals surface area contributed by atoms with Gasteiger partial charge < -0.3 is 15.4 Å². The van der Waals surface area contributed by atoms with Crippen molar-refractivity contribution in [2.24, 2.45) is 0 Å². The third-order valence-corrected chi connectivity index (χ3v) is 3.83. The number of carbonyl (C=O) groups excluding carboxylic acids is 2. The van der Waals surface area contributed by atoms with Crippen LogP contribution in [0, 0.1) is 18.6 Å². The number of amides is 1. The van der Waals surface area contributed by atoms with Crippen molar-refractivity contribution in [1.29, 1.82) is 0 Å². The van der Waals surface area contributed by atoms with Crippen LogP contribution in [0.1, 0.15) is 26.5 Å². The molecule has 29 heavy (non-hydrogen) atoms. The fourth-order valence-corrected chi connectivity index (χ4v) is 2.51. The van der Waals surface area contributed by atoms with Crippen LogP contribution in [0.5, 0.6) is 0 Å².